The Labute approximate surface area is 217 Å². The molecule has 0 radical (unpaired) electrons. The molecule has 1 heterocycles. The van der Waals surface area contributed by atoms with E-state index in [9.17, 15) is 19.5 Å². The Morgan fingerprint density at radius 2 is 1.92 bits per heavy atom. The number of alkyl carbamates (subject to hydrolysis) is 1. The first-order chi connectivity index (χ1) is 17.0. The molecule has 2 amide bonds. The lowest BCUT2D eigenvalue weighted by atomic mass is 9.67. The molecule has 8 nitrogen and oxygen atoms in total. The first-order valence-electron chi connectivity index (χ1n) is 12.1. The van der Waals surface area contributed by atoms with Crippen LogP contribution in [0.15, 0.2) is 48.8 Å². The smallest absolute Gasteiger partial charge is 0.407 e. The van der Waals surface area contributed by atoms with Crippen LogP contribution in [0.5, 0.6) is 0 Å². The second-order valence-electron chi connectivity index (χ2n) is 10.3. The molecule has 0 spiro atoms. The highest BCUT2D eigenvalue weighted by molar-refractivity contribution is 6.30. The Morgan fingerprint density at radius 1 is 1.19 bits per heavy atom. The van der Waals surface area contributed by atoms with E-state index in [1.165, 1.54) is 6.20 Å². The van der Waals surface area contributed by atoms with Gasteiger partial charge in [-0.3, -0.25) is 14.6 Å². The second-order valence-corrected chi connectivity index (χ2v) is 10.7. The lowest BCUT2D eigenvalue weighted by Crippen LogP contribution is -2.50. The number of carbonyl (C=O) groups excluding carboxylic acids is 2. The molecule has 9 heteroatoms. The molecule has 1 aliphatic rings. The van der Waals surface area contributed by atoms with Crippen LogP contribution in [0, 0.1) is 0 Å². The first-order valence-corrected chi connectivity index (χ1v) is 12.5. The highest BCUT2D eigenvalue weighted by Crippen LogP contribution is 2.41. The van der Waals surface area contributed by atoms with Crippen molar-refractivity contribution in [3.05, 3.63) is 64.9 Å². The minimum atomic E-state index is -0.954. The van der Waals surface area contributed by atoms with Crippen molar-refractivity contribution in [2.24, 2.45) is 0 Å². The highest BCUT2D eigenvalue weighted by Gasteiger charge is 2.40. The van der Waals surface area contributed by atoms with Crippen molar-refractivity contribution in [1.29, 1.82) is 0 Å². The van der Waals surface area contributed by atoms with Gasteiger partial charge in [-0.15, -0.1) is 0 Å². The van der Waals surface area contributed by atoms with Gasteiger partial charge in [-0.25, -0.2) is 4.79 Å². The van der Waals surface area contributed by atoms with Gasteiger partial charge in [-0.2, -0.15) is 0 Å². The Kier molecular flexibility index (Phi) is 8.95. The zero-order valence-electron chi connectivity index (χ0n) is 21.0. The number of hydrogen-bond donors (Lipinski definition) is 2. The molecule has 194 valence electrons. The van der Waals surface area contributed by atoms with Gasteiger partial charge in [0.15, 0.2) is 0 Å². The summed E-state index contributed by atoms with van der Waals surface area (Å²) in [5.74, 6) is -1.18. The van der Waals surface area contributed by atoms with Crippen LogP contribution in [0.2, 0.25) is 5.02 Å². The number of amides is 2. The maximum Gasteiger partial charge on any atom is 0.407 e. The minimum Gasteiger partial charge on any atom is -0.481 e. The van der Waals surface area contributed by atoms with Crippen LogP contribution in [0.4, 0.5) is 4.79 Å². The Morgan fingerprint density at radius 3 is 2.50 bits per heavy atom. The first kappa shape index (κ1) is 27.5. The van der Waals surface area contributed by atoms with E-state index >= 15 is 0 Å². The Bertz CT molecular complexity index is 1060. The number of benzene rings is 1. The van der Waals surface area contributed by atoms with Crippen LogP contribution >= 0.6 is 11.6 Å². The number of aromatic nitrogens is 1. The maximum absolute atomic E-state index is 13.3. The van der Waals surface area contributed by atoms with Crippen molar-refractivity contribution in [1.82, 2.24) is 15.2 Å². The lowest BCUT2D eigenvalue weighted by molar-refractivity contribution is -0.137. The number of halogens is 1. The number of aliphatic carboxylic acids is 1. The van der Waals surface area contributed by atoms with Crippen LogP contribution in [0.3, 0.4) is 0 Å². The van der Waals surface area contributed by atoms with Crippen molar-refractivity contribution in [2.45, 2.75) is 69.9 Å². The van der Waals surface area contributed by atoms with Gasteiger partial charge in [0.2, 0.25) is 0 Å². The predicted octanol–water partition coefficient (Wildman–Crippen LogP) is 5.06. The number of pyridine rings is 1. The van der Waals surface area contributed by atoms with E-state index in [4.69, 9.17) is 16.3 Å². The zero-order chi connectivity index (χ0) is 26.3. The molecule has 1 saturated carbocycles. The molecule has 1 aromatic heterocycles. The fourth-order valence-corrected chi connectivity index (χ4v) is 4.92. The van der Waals surface area contributed by atoms with Gasteiger partial charge in [0.05, 0.1) is 12.0 Å². The van der Waals surface area contributed by atoms with Crippen LogP contribution in [-0.2, 0) is 14.9 Å². The summed E-state index contributed by atoms with van der Waals surface area (Å²) in [6.07, 6.45) is 5.12. The third-order valence-corrected chi connectivity index (χ3v) is 6.73. The normalized spacial score (nSPS) is 19.8. The third kappa shape index (κ3) is 7.43. The summed E-state index contributed by atoms with van der Waals surface area (Å²) in [5, 5.41) is 12.8. The van der Waals surface area contributed by atoms with Gasteiger partial charge in [0, 0.05) is 42.0 Å². The van der Waals surface area contributed by atoms with Gasteiger partial charge in [0.1, 0.15) is 5.60 Å². The summed E-state index contributed by atoms with van der Waals surface area (Å²) in [7, 11) is 0. The summed E-state index contributed by atoms with van der Waals surface area (Å²) < 4.78 is 5.44. The minimum absolute atomic E-state index is 0.119. The molecule has 1 aromatic carbocycles. The fraction of sp³-hybridized carbons (Fsp3) is 0.481. The summed E-state index contributed by atoms with van der Waals surface area (Å²) in [4.78, 5) is 42.7. The van der Waals surface area contributed by atoms with Crippen LogP contribution < -0.4 is 5.32 Å². The number of nitrogens with zero attached hydrogens (tertiary/aromatic N) is 2. The van der Waals surface area contributed by atoms with E-state index in [1.54, 1.807) is 23.2 Å². The van der Waals surface area contributed by atoms with E-state index in [1.807, 2.05) is 45.0 Å². The van der Waals surface area contributed by atoms with E-state index in [0.717, 1.165) is 5.56 Å². The van der Waals surface area contributed by atoms with E-state index in [0.29, 0.717) is 42.8 Å². The highest BCUT2D eigenvalue weighted by atomic mass is 35.5. The van der Waals surface area contributed by atoms with Gasteiger partial charge in [-0.1, -0.05) is 23.7 Å². The predicted molar refractivity (Wildman–Crippen MR) is 137 cm³/mol. The van der Waals surface area contributed by atoms with E-state index in [2.05, 4.69) is 10.3 Å². The van der Waals surface area contributed by atoms with Crippen molar-refractivity contribution in [3.63, 3.8) is 0 Å². The SMILES string of the molecule is CC(C)(C)OC(=O)NC[C@]1(c2cccc(Cl)c2)CC[C@@H](N(CCC(=O)O)C(=O)c2cccnc2)CC1. The van der Waals surface area contributed by atoms with Gasteiger partial charge < -0.3 is 20.1 Å². The molecule has 1 fully saturated rings. The lowest BCUT2D eigenvalue weighted by Gasteiger charge is -2.44. The van der Waals surface area contributed by atoms with Crippen LogP contribution in [-0.4, -0.2) is 57.7 Å². The number of nitrogens with one attached hydrogen (secondary N) is 1. The monoisotopic (exact) mass is 515 g/mol. The number of carboxylic acid groups (broad SMARTS) is 1. The molecule has 2 N–H and O–H groups in total. The van der Waals surface area contributed by atoms with E-state index < -0.39 is 23.1 Å². The summed E-state index contributed by atoms with van der Waals surface area (Å²) in [6, 6.07) is 10.9. The number of carbonyl (C=O) groups is 3. The van der Waals surface area contributed by atoms with Gasteiger partial charge >= 0.3 is 12.1 Å². The molecule has 3 rings (SSSR count). The molecule has 1 aliphatic carbocycles. The molecule has 0 unspecified atom stereocenters. The summed E-state index contributed by atoms with van der Waals surface area (Å²) in [5.41, 5.74) is 0.442. The topological polar surface area (TPSA) is 109 Å². The van der Waals surface area contributed by atoms with Crippen molar-refractivity contribution >= 4 is 29.6 Å². The molecule has 0 atom stereocenters. The number of ether oxygens (including phenoxy) is 1. The molecule has 36 heavy (non-hydrogen) atoms. The largest absolute Gasteiger partial charge is 0.481 e. The quantitative estimate of drug-likeness (QED) is 0.508. The maximum atomic E-state index is 13.3. The molecule has 0 bridgehead atoms. The van der Waals surface area contributed by atoms with Crippen molar-refractivity contribution < 1.29 is 24.2 Å². The number of rotatable bonds is 8. The van der Waals surface area contributed by atoms with Crippen LogP contribution in [0.25, 0.3) is 0 Å². The van der Waals surface area contributed by atoms with Crippen LogP contribution in [0.1, 0.15) is 68.8 Å². The Balaban J connectivity index is 1.81. The fourth-order valence-electron chi connectivity index (χ4n) is 4.73. The summed E-state index contributed by atoms with van der Waals surface area (Å²) in [6.45, 7) is 5.93. The number of carboxylic acids is 1. The van der Waals surface area contributed by atoms with Crippen molar-refractivity contribution in [2.75, 3.05) is 13.1 Å². The molecule has 0 aliphatic heterocycles. The average Bonchev–Trinajstić information content (AvgIpc) is 2.83. The molecular weight excluding hydrogens is 482 g/mol. The zero-order valence-corrected chi connectivity index (χ0v) is 21.8. The number of hydrogen-bond acceptors (Lipinski definition) is 5. The van der Waals surface area contributed by atoms with Gasteiger partial charge in [-0.05, 0) is 76.3 Å². The molecule has 0 saturated heterocycles. The average molecular weight is 516 g/mol. The van der Waals surface area contributed by atoms with E-state index in [-0.39, 0.29) is 24.9 Å². The standard InChI is InChI=1S/C27H34ClN3O5/c1-26(2,3)36-25(35)30-18-27(20-7-4-8-21(28)16-20)12-9-22(10-13-27)31(15-11-23(32)33)24(34)19-6-5-14-29-17-19/h4-8,14,16-17,22H,9-13,15,18H2,1-3H3,(H,30,35)(H,32,33)/t22-,27+. The van der Waals surface area contributed by atoms with Crippen molar-refractivity contribution in [3.8, 4) is 0 Å². The second kappa shape index (κ2) is 11.7. The third-order valence-electron chi connectivity index (χ3n) is 6.50. The van der Waals surface area contributed by atoms with Gasteiger partial charge in [0.25, 0.3) is 5.91 Å². The Hall–Kier alpha value is -3.13. The molecule has 2 aromatic rings. The summed E-state index contributed by atoms with van der Waals surface area (Å²) >= 11 is 6.31. The molecular formula is C27H34ClN3O5.